The van der Waals surface area contributed by atoms with Crippen molar-refractivity contribution in [1.29, 1.82) is 0 Å². The van der Waals surface area contributed by atoms with Gasteiger partial charge in [-0.05, 0) is 33.6 Å². The van der Waals surface area contributed by atoms with E-state index in [9.17, 15) is 4.79 Å². The van der Waals surface area contributed by atoms with E-state index < -0.39 is 5.60 Å². The van der Waals surface area contributed by atoms with Crippen LogP contribution in [0.25, 0.3) is 0 Å². The van der Waals surface area contributed by atoms with Crippen LogP contribution in [0.4, 0.5) is 4.79 Å². The normalized spacial score (nSPS) is 26.2. The summed E-state index contributed by atoms with van der Waals surface area (Å²) in [7, 11) is 0. The Morgan fingerprint density at radius 1 is 1.50 bits per heavy atom. The van der Waals surface area contributed by atoms with Gasteiger partial charge in [0.1, 0.15) is 5.60 Å². The molecular formula is C11H22N2O3. The first-order valence-corrected chi connectivity index (χ1v) is 5.74. The van der Waals surface area contributed by atoms with Gasteiger partial charge in [0.2, 0.25) is 0 Å². The molecule has 1 heterocycles. The molecule has 0 bridgehead atoms. The van der Waals surface area contributed by atoms with E-state index in [1.165, 1.54) is 0 Å². The summed E-state index contributed by atoms with van der Waals surface area (Å²) in [5.74, 6) is 0. The molecule has 94 valence electrons. The Labute approximate surface area is 96.6 Å². The monoisotopic (exact) mass is 230 g/mol. The number of aliphatic hydroxyl groups is 1. The van der Waals surface area contributed by atoms with Gasteiger partial charge in [-0.3, -0.25) is 0 Å². The van der Waals surface area contributed by atoms with Crippen molar-refractivity contribution in [2.75, 3.05) is 13.2 Å². The molecule has 0 aromatic rings. The number of carbonyl (C=O) groups is 1. The van der Waals surface area contributed by atoms with Crippen LogP contribution in [0.1, 0.15) is 33.6 Å². The summed E-state index contributed by atoms with van der Waals surface area (Å²) in [6.45, 7) is 6.36. The fraction of sp³-hybridized carbons (Fsp3) is 0.909. The van der Waals surface area contributed by atoms with Crippen LogP contribution in [0.5, 0.6) is 0 Å². The summed E-state index contributed by atoms with van der Waals surface area (Å²) in [6.07, 6.45) is 1.37. The molecule has 0 aliphatic carbocycles. The van der Waals surface area contributed by atoms with Gasteiger partial charge in [0.25, 0.3) is 0 Å². The third-order valence-corrected chi connectivity index (χ3v) is 2.46. The number of nitrogens with one attached hydrogen (secondary N) is 2. The van der Waals surface area contributed by atoms with Crippen LogP contribution in [-0.4, -0.2) is 42.0 Å². The van der Waals surface area contributed by atoms with E-state index in [1.807, 2.05) is 20.8 Å². The fourth-order valence-electron chi connectivity index (χ4n) is 1.67. The molecule has 0 aromatic carbocycles. The number of rotatable bonds is 2. The van der Waals surface area contributed by atoms with Gasteiger partial charge in [-0.25, -0.2) is 4.79 Å². The Hall–Kier alpha value is -0.810. The molecule has 16 heavy (non-hydrogen) atoms. The fourth-order valence-corrected chi connectivity index (χ4v) is 1.67. The Morgan fingerprint density at radius 3 is 2.62 bits per heavy atom. The lowest BCUT2D eigenvalue weighted by Crippen LogP contribution is -2.51. The van der Waals surface area contributed by atoms with E-state index in [-0.39, 0.29) is 24.8 Å². The number of hydrogen-bond donors (Lipinski definition) is 3. The number of ether oxygens (including phenoxy) is 1. The zero-order valence-corrected chi connectivity index (χ0v) is 10.2. The molecule has 0 aromatic heterocycles. The highest BCUT2D eigenvalue weighted by atomic mass is 16.6. The van der Waals surface area contributed by atoms with Crippen LogP contribution in [0.15, 0.2) is 0 Å². The third kappa shape index (κ3) is 4.81. The predicted octanol–water partition coefficient (Wildman–Crippen LogP) is 0.624. The lowest BCUT2D eigenvalue weighted by Gasteiger charge is -2.30. The molecule has 1 amide bonds. The van der Waals surface area contributed by atoms with E-state index >= 15 is 0 Å². The molecule has 1 fully saturated rings. The molecule has 0 saturated carbocycles. The maximum atomic E-state index is 11.5. The SMILES string of the molecule is CC(C)(C)OC(=O)N[C@@H]1CC[C@H](CO)NC1. The smallest absolute Gasteiger partial charge is 0.407 e. The Kier molecular flexibility index (Phi) is 4.56. The van der Waals surface area contributed by atoms with Gasteiger partial charge in [-0.2, -0.15) is 0 Å². The van der Waals surface area contributed by atoms with Crippen LogP contribution in [-0.2, 0) is 4.74 Å². The van der Waals surface area contributed by atoms with E-state index in [4.69, 9.17) is 9.84 Å². The highest BCUT2D eigenvalue weighted by molar-refractivity contribution is 5.68. The van der Waals surface area contributed by atoms with Crippen molar-refractivity contribution in [3.8, 4) is 0 Å². The first-order valence-electron chi connectivity index (χ1n) is 5.74. The molecule has 2 atom stereocenters. The highest BCUT2D eigenvalue weighted by Crippen LogP contribution is 2.10. The summed E-state index contributed by atoms with van der Waals surface area (Å²) in [4.78, 5) is 11.5. The van der Waals surface area contributed by atoms with Crippen molar-refractivity contribution in [3.05, 3.63) is 0 Å². The highest BCUT2D eigenvalue weighted by Gasteiger charge is 2.23. The Balaban J connectivity index is 2.26. The molecule has 1 aliphatic heterocycles. The number of carbonyl (C=O) groups excluding carboxylic acids is 1. The number of aliphatic hydroxyl groups excluding tert-OH is 1. The minimum Gasteiger partial charge on any atom is -0.444 e. The van der Waals surface area contributed by atoms with Crippen LogP contribution < -0.4 is 10.6 Å². The van der Waals surface area contributed by atoms with Crippen molar-refractivity contribution in [2.45, 2.75) is 51.3 Å². The van der Waals surface area contributed by atoms with Gasteiger partial charge in [-0.15, -0.1) is 0 Å². The van der Waals surface area contributed by atoms with Crippen molar-refractivity contribution >= 4 is 6.09 Å². The van der Waals surface area contributed by atoms with Crippen LogP contribution in [0, 0.1) is 0 Å². The topological polar surface area (TPSA) is 70.6 Å². The quantitative estimate of drug-likeness (QED) is 0.650. The molecule has 5 nitrogen and oxygen atoms in total. The maximum Gasteiger partial charge on any atom is 0.407 e. The second-order valence-electron chi connectivity index (χ2n) is 5.21. The van der Waals surface area contributed by atoms with Crippen LogP contribution >= 0.6 is 0 Å². The molecule has 0 unspecified atom stereocenters. The number of alkyl carbamates (subject to hydrolysis) is 1. The van der Waals surface area contributed by atoms with E-state index in [2.05, 4.69) is 10.6 Å². The average Bonchev–Trinajstić information content (AvgIpc) is 2.16. The average molecular weight is 230 g/mol. The molecule has 3 N–H and O–H groups in total. The number of amides is 1. The van der Waals surface area contributed by atoms with E-state index in [0.29, 0.717) is 6.54 Å². The van der Waals surface area contributed by atoms with Crippen molar-refractivity contribution < 1.29 is 14.6 Å². The first-order chi connectivity index (χ1) is 7.40. The third-order valence-electron chi connectivity index (χ3n) is 2.46. The molecular weight excluding hydrogens is 208 g/mol. The Morgan fingerprint density at radius 2 is 2.19 bits per heavy atom. The predicted molar refractivity (Wildman–Crippen MR) is 61.3 cm³/mol. The number of hydrogen-bond acceptors (Lipinski definition) is 4. The zero-order valence-electron chi connectivity index (χ0n) is 10.2. The van der Waals surface area contributed by atoms with Crippen molar-refractivity contribution in [2.24, 2.45) is 0 Å². The largest absolute Gasteiger partial charge is 0.444 e. The van der Waals surface area contributed by atoms with E-state index in [0.717, 1.165) is 12.8 Å². The van der Waals surface area contributed by atoms with Crippen LogP contribution in [0.3, 0.4) is 0 Å². The van der Waals surface area contributed by atoms with Crippen LogP contribution in [0.2, 0.25) is 0 Å². The number of piperidine rings is 1. The summed E-state index contributed by atoms with van der Waals surface area (Å²) in [5, 5.41) is 14.9. The minimum atomic E-state index is -0.459. The van der Waals surface area contributed by atoms with Gasteiger partial charge < -0.3 is 20.5 Å². The lowest BCUT2D eigenvalue weighted by atomic mass is 10.0. The van der Waals surface area contributed by atoms with Gasteiger partial charge in [-0.1, -0.05) is 0 Å². The lowest BCUT2D eigenvalue weighted by molar-refractivity contribution is 0.0490. The maximum absolute atomic E-state index is 11.5. The van der Waals surface area contributed by atoms with E-state index in [1.54, 1.807) is 0 Å². The molecule has 1 aliphatic rings. The van der Waals surface area contributed by atoms with Gasteiger partial charge in [0, 0.05) is 18.6 Å². The van der Waals surface area contributed by atoms with Gasteiger partial charge in [0.15, 0.2) is 0 Å². The summed E-state index contributed by atoms with van der Waals surface area (Å²) < 4.78 is 5.17. The molecule has 0 spiro atoms. The molecule has 5 heteroatoms. The summed E-state index contributed by atoms with van der Waals surface area (Å²) >= 11 is 0. The second-order valence-corrected chi connectivity index (χ2v) is 5.21. The second kappa shape index (κ2) is 5.50. The zero-order chi connectivity index (χ0) is 12.2. The standard InChI is InChI=1S/C11H22N2O3/c1-11(2,3)16-10(15)13-8-4-5-9(7-14)12-6-8/h8-9,12,14H,4-7H2,1-3H3,(H,13,15)/t8-,9-/m1/s1. The molecule has 1 rings (SSSR count). The molecule has 0 radical (unpaired) electrons. The Bertz CT molecular complexity index is 230. The first kappa shape index (κ1) is 13.3. The minimum absolute atomic E-state index is 0.0950. The van der Waals surface area contributed by atoms with Crippen molar-refractivity contribution in [1.82, 2.24) is 10.6 Å². The van der Waals surface area contributed by atoms with Gasteiger partial charge >= 0.3 is 6.09 Å². The van der Waals surface area contributed by atoms with Gasteiger partial charge in [0.05, 0.1) is 6.61 Å². The molecule has 1 saturated heterocycles. The summed E-state index contributed by atoms with van der Waals surface area (Å²) in [5.41, 5.74) is -0.459. The van der Waals surface area contributed by atoms with Crippen molar-refractivity contribution in [3.63, 3.8) is 0 Å². The summed E-state index contributed by atoms with van der Waals surface area (Å²) in [6, 6.07) is 0.259.